The fraction of sp³-hybridized carbons (Fsp3) is 0.250. The Morgan fingerprint density at radius 3 is 2.22 bits per heavy atom. The highest BCUT2D eigenvalue weighted by Gasteiger charge is 2.28. The minimum absolute atomic E-state index is 0.0562. The zero-order valence-electron chi connectivity index (χ0n) is 21.4. The van der Waals surface area contributed by atoms with Gasteiger partial charge < -0.3 is 19.5 Å². The van der Waals surface area contributed by atoms with Crippen LogP contribution in [0.3, 0.4) is 0 Å². The molecule has 0 saturated carbocycles. The lowest BCUT2D eigenvalue weighted by atomic mass is 9.85. The van der Waals surface area contributed by atoms with E-state index in [1.807, 2.05) is 18.2 Å². The number of sulfonamides is 1. The van der Waals surface area contributed by atoms with Gasteiger partial charge in [0.25, 0.3) is 10.0 Å². The lowest BCUT2D eigenvalue weighted by Crippen LogP contribution is -2.43. The molecule has 2 N–H and O–H groups in total. The molecule has 0 aromatic heterocycles. The predicted molar refractivity (Wildman–Crippen MR) is 143 cm³/mol. The fourth-order valence-electron chi connectivity index (χ4n) is 4.27. The monoisotopic (exact) mass is 522 g/mol. The van der Waals surface area contributed by atoms with Crippen molar-refractivity contribution in [2.24, 2.45) is 0 Å². The second-order valence-electron chi connectivity index (χ2n) is 9.33. The van der Waals surface area contributed by atoms with Crippen molar-refractivity contribution in [3.05, 3.63) is 83.4 Å². The topological polar surface area (TPSA) is 103 Å². The van der Waals surface area contributed by atoms with E-state index in [-0.39, 0.29) is 22.0 Å². The molecule has 1 heterocycles. The zero-order valence-corrected chi connectivity index (χ0v) is 22.2. The van der Waals surface area contributed by atoms with Gasteiger partial charge in [-0.3, -0.25) is 9.52 Å². The first-order valence-corrected chi connectivity index (χ1v) is 13.1. The minimum Gasteiger partial charge on any atom is -0.497 e. The summed E-state index contributed by atoms with van der Waals surface area (Å²) in [5.74, 6) is 1.07. The van der Waals surface area contributed by atoms with Crippen LogP contribution in [0.4, 0.5) is 5.69 Å². The number of carbonyl (C=O) groups excluding carboxylic acids is 1. The summed E-state index contributed by atoms with van der Waals surface area (Å²) in [6, 6.07) is 16.6. The Morgan fingerprint density at radius 2 is 1.57 bits per heavy atom. The van der Waals surface area contributed by atoms with Crippen LogP contribution in [-0.4, -0.2) is 41.1 Å². The molecule has 0 aliphatic carbocycles. The van der Waals surface area contributed by atoms with Gasteiger partial charge in [0.2, 0.25) is 0 Å². The Balaban J connectivity index is 1.59. The maximum atomic E-state index is 13.1. The summed E-state index contributed by atoms with van der Waals surface area (Å²) in [6.45, 7) is 4.16. The number of allylic oxidation sites excluding steroid dienone is 1. The summed E-state index contributed by atoms with van der Waals surface area (Å²) in [6.07, 6.45) is 2.38. The summed E-state index contributed by atoms with van der Waals surface area (Å²) in [5.41, 5.74) is 3.26. The summed E-state index contributed by atoms with van der Waals surface area (Å²) >= 11 is 0. The van der Waals surface area contributed by atoms with Gasteiger partial charge in [-0.1, -0.05) is 6.07 Å². The number of anilines is 1. The van der Waals surface area contributed by atoms with Gasteiger partial charge in [0.1, 0.15) is 22.1 Å². The van der Waals surface area contributed by atoms with E-state index in [2.05, 4.69) is 23.9 Å². The largest absolute Gasteiger partial charge is 0.497 e. The molecule has 0 amide bonds. The van der Waals surface area contributed by atoms with Gasteiger partial charge in [-0.05, 0) is 74.4 Å². The van der Waals surface area contributed by atoms with Gasteiger partial charge in [-0.25, -0.2) is 8.42 Å². The first-order valence-electron chi connectivity index (χ1n) is 11.6. The molecule has 8 nitrogen and oxygen atoms in total. The highest BCUT2D eigenvalue weighted by atomic mass is 32.2. The molecule has 4 rings (SSSR count). The number of carbonyl (C=O) groups is 1. The third-order valence-corrected chi connectivity index (χ3v) is 7.47. The molecule has 0 saturated heterocycles. The van der Waals surface area contributed by atoms with Crippen LogP contribution in [0, 0.1) is 0 Å². The van der Waals surface area contributed by atoms with E-state index in [1.165, 1.54) is 26.4 Å². The van der Waals surface area contributed by atoms with Crippen LogP contribution >= 0.6 is 0 Å². The second kappa shape index (κ2) is 10.2. The molecule has 194 valence electrons. The Bertz CT molecular complexity index is 1460. The van der Waals surface area contributed by atoms with E-state index >= 15 is 0 Å². The van der Waals surface area contributed by atoms with Gasteiger partial charge in [0.05, 0.1) is 21.3 Å². The molecule has 37 heavy (non-hydrogen) atoms. The van der Waals surface area contributed by atoms with Gasteiger partial charge in [-0.2, -0.15) is 0 Å². The van der Waals surface area contributed by atoms with Crippen molar-refractivity contribution in [3.8, 4) is 17.2 Å². The number of hydrogen-bond donors (Lipinski definition) is 2. The fourth-order valence-corrected chi connectivity index (χ4v) is 5.52. The van der Waals surface area contributed by atoms with Crippen molar-refractivity contribution in [2.45, 2.75) is 30.7 Å². The number of benzene rings is 3. The number of ketones is 1. The third kappa shape index (κ3) is 5.72. The Morgan fingerprint density at radius 1 is 0.919 bits per heavy atom. The molecule has 3 aromatic rings. The first-order chi connectivity index (χ1) is 17.5. The SMILES string of the molecule is COc1ccc2c(c1)/C(=C/C(=O)c1ccc(NS(=O)(=O)c3cc(OC)ccc3OC)cc1)NC(C)(C)C2. The molecule has 0 unspecified atom stereocenters. The van der Waals surface area contributed by atoms with E-state index < -0.39 is 10.0 Å². The zero-order chi connectivity index (χ0) is 26.8. The quantitative estimate of drug-likeness (QED) is 0.328. The average molecular weight is 523 g/mol. The molecule has 1 aliphatic heterocycles. The van der Waals surface area contributed by atoms with Gasteiger partial charge in [0, 0.05) is 40.2 Å². The Labute approximate surface area is 217 Å². The lowest BCUT2D eigenvalue weighted by Gasteiger charge is -2.35. The van der Waals surface area contributed by atoms with Crippen molar-refractivity contribution in [1.82, 2.24) is 5.32 Å². The molecule has 0 atom stereocenters. The van der Waals surface area contributed by atoms with E-state index in [4.69, 9.17) is 14.2 Å². The third-order valence-electron chi connectivity index (χ3n) is 6.07. The number of nitrogens with one attached hydrogen (secondary N) is 2. The van der Waals surface area contributed by atoms with Crippen LogP contribution in [0.25, 0.3) is 5.70 Å². The standard InChI is InChI=1S/C28H30N2O6S/c1-28(2)17-19-8-11-21(34-3)14-23(19)24(29-28)16-25(31)18-6-9-20(10-7-18)30-37(32,33)27-15-22(35-4)12-13-26(27)36-5/h6-16,29-30H,17H2,1-5H3/b24-16-. The molecule has 9 heteroatoms. The number of hydrogen-bond acceptors (Lipinski definition) is 7. The van der Waals surface area contributed by atoms with Crippen LogP contribution in [0.5, 0.6) is 17.2 Å². The Kier molecular flexibility index (Phi) is 7.18. The van der Waals surface area contributed by atoms with Gasteiger partial charge >= 0.3 is 0 Å². The average Bonchev–Trinajstić information content (AvgIpc) is 2.87. The molecule has 0 radical (unpaired) electrons. The molecular formula is C28H30N2O6S. The van der Waals surface area contributed by atoms with Crippen LogP contribution in [0.15, 0.2) is 71.6 Å². The van der Waals surface area contributed by atoms with Crippen molar-refractivity contribution in [2.75, 3.05) is 26.1 Å². The van der Waals surface area contributed by atoms with E-state index in [0.29, 0.717) is 28.4 Å². The first kappa shape index (κ1) is 26.1. The second-order valence-corrected chi connectivity index (χ2v) is 11.0. The van der Waals surface area contributed by atoms with Gasteiger partial charge in [-0.15, -0.1) is 0 Å². The normalized spacial score (nSPS) is 15.3. The maximum absolute atomic E-state index is 13.1. The molecular weight excluding hydrogens is 492 g/mol. The maximum Gasteiger partial charge on any atom is 0.265 e. The predicted octanol–water partition coefficient (Wildman–Crippen LogP) is 4.66. The van der Waals surface area contributed by atoms with Crippen LogP contribution in [0.1, 0.15) is 35.3 Å². The molecule has 3 aromatic carbocycles. The van der Waals surface area contributed by atoms with Crippen molar-refractivity contribution in [1.29, 1.82) is 0 Å². The lowest BCUT2D eigenvalue weighted by molar-refractivity contribution is 0.104. The molecule has 0 bridgehead atoms. The van der Waals surface area contributed by atoms with Crippen LogP contribution < -0.4 is 24.2 Å². The van der Waals surface area contributed by atoms with Crippen LogP contribution in [0.2, 0.25) is 0 Å². The number of rotatable bonds is 8. The summed E-state index contributed by atoms with van der Waals surface area (Å²) in [4.78, 5) is 13.1. The number of ether oxygens (including phenoxy) is 3. The van der Waals surface area contributed by atoms with Crippen molar-refractivity contribution in [3.63, 3.8) is 0 Å². The summed E-state index contributed by atoms with van der Waals surface area (Å²) in [7, 11) is 0.486. The van der Waals surface area contributed by atoms with E-state index in [9.17, 15) is 13.2 Å². The Hall–Kier alpha value is -3.98. The highest BCUT2D eigenvalue weighted by Crippen LogP contribution is 2.33. The number of methoxy groups -OCH3 is 3. The summed E-state index contributed by atoms with van der Waals surface area (Å²) in [5, 5.41) is 3.45. The van der Waals surface area contributed by atoms with Crippen molar-refractivity contribution < 1.29 is 27.4 Å². The molecule has 0 spiro atoms. The molecule has 1 aliphatic rings. The smallest absolute Gasteiger partial charge is 0.265 e. The van der Waals surface area contributed by atoms with Crippen LogP contribution in [-0.2, 0) is 16.4 Å². The van der Waals surface area contributed by atoms with E-state index in [1.54, 1.807) is 43.5 Å². The highest BCUT2D eigenvalue weighted by molar-refractivity contribution is 7.92. The van der Waals surface area contributed by atoms with Crippen molar-refractivity contribution >= 4 is 27.2 Å². The minimum atomic E-state index is -3.97. The van der Waals surface area contributed by atoms with Gasteiger partial charge in [0.15, 0.2) is 5.78 Å². The summed E-state index contributed by atoms with van der Waals surface area (Å²) < 4.78 is 44.3. The molecule has 0 fully saturated rings. The van der Waals surface area contributed by atoms with E-state index in [0.717, 1.165) is 17.5 Å². The number of fused-ring (bicyclic) bond motifs is 1.